The third kappa shape index (κ3) is 5.42. The van der Waals surface area contributed by atoms with Crippen LogP contribution in [0.2, 0.25) is 5.02 Å². The summed E-state index contributed by atoms with van der Waals surface area (Å²) in [5, 5.41) is 7.43. The zero-order chi connectivity index (χ0) is 28.6. The summed E-state index contributed by atoms with van der Waals surface area (Å²) in [4.78, 5) is 21.9. The lowest BCUT2D eigenvalue weighted by Gasteiger charge is -2.27. The predicted molar refractivity (Wildman–Crippen MR) is 149 cm³/mol. The molecule has 3 heterocycles. The number of urea groups is 1. The number of anilines is 2. The minimum atomic E-state index is -1.00. The summed E-state index contributed by atoms with van der Waals surface area (Å²) in [6.07, 6.45) is 3.53. The van der Waals surface area contributed by atoms with E-state index in [0.29, 0.717) is 59.8 Å². The SMILES string of the molecule is Cc1cccc(OCC(C)C)c1-n1nc2c(c1-c1cc(F)c(NC(N)=O)cc1F)CN(c1ncc(Cl)cn1)CC2. The second kappa shape index (κ2) is 11.1. The van der Waals surface area contributed by atoms with Crippen molar-refractivity contribution in [1.82, 2.24) is 19.7 Å². The molecule has 4 aromatic rings. The van der Waals surface area contributed by atoms with Gasteiger partial charge in [-0.1, -0.05) is 37.6 Å². The monoisotopic (exact) mass is 567 g/mol. The first-order valence-electron chi connectivity index (χ1n) is 12.7. The van der Waals surface area contributed by atoms with Crippen LogP contribution < -0.4 is 20.7 Å². The highest BCUT2D eigenvalue weighted by Gasteiger charge is 2.31. The summed E-state index contributed by atoms with van der Waals surface area (Å²) in [7, 11) is 0. The zero-order valence-corrected chi connectivity index (χ0v) is 23.0. The number of fused-ring (bicyclic) bond motifs is 1. The standard InChI is InChI=1S/C28H28ClF2N7O2/c1-15(2)14-40-24-6-4-5-16(3)25(24)38-26(18-9-21(31)23(10-20(18)30)35-27(32)39)19-13-37(8-7-22(19)36-38)28-33-11-17(29)12-34-28/h4-6,9-12,15H,7-8,13-14H2,1-3H3,(H3,32,35,39). The largest absolute Gasteiger partial charge is 0.491 e. The summed E-state index contributed by atoms with van der Waals surface area (Å²) in [5.74, 6) is -0.305. The number of nitrogens with zero attached hydrogens (tertiary/aromatic N) is 5. The van der Waals surface area contributed by atoms with E-state index in [-0.39, 0.29) is 17.2 Å². The molecule has 0 spiro atoms. The van der Waals surface area contributed by atoms with Crippen molar-refractivity contribution in [2.45, 2.75) is 33.7 Å². The molecule has 9 nitrogen and oxygen atoms in total. The Hall–Kier alpha value is -4.25. The molecule has 12 heteroatoms. The van der Waals surface area contributed by atoms with Gasteiger partial charge in [-0.3, -0.25) is 0 Å². The van der Waals surface area contributed by atoms with Crippen LogP contribution >= 0.6 is 11.6 Å². The van der Waals surface area contributed by atoms with E-state index >= 15 is 8.78 Å². The summed E-state index contributed by atoms with van der Waals surface area (Å²) >= 11 is 5.98. The van der Waals surface area contributed by atoms with Crippen LogP contribution in [0.1, 0.15) is 30.7 Å². The fourth-order valence-electron chi connectivity index (χ4n) is 4.68. The Morgan fingerprint density at radius 1 is 1.20 bits per heavy atom. The first-order chi connectivity index (χ1) is 19.1. The number of nitrogens with one attached hydrogen (secondary N) is 1. The fourth-order valence-corrected chi connectivity index (χ4v) is 4.78. The van der Waals surface area contributed by atoms with Crippen LogP contribution in [0.5, 0.6) is 5.75 Å². The van der Waals surface area contributed by atoms with Crippen molar-refractivity contribution in [3.8, 4) is 22.7 Å². The number of nitrogens with two attached hydrogens (primary N) is 1. The molecule has 0 saturated heterocycles. The van der Waals surface area contributed by atoms with Crippen molar-refractivity contribution in [2.75, 3.05) is 23.4 Å². The maximum atomic E-state index is 15.7. The highest BCUT2D eigenvalue weighted by atomic mass is 35.5. The number of hydrogen-bond acceptors (Lipinski definition) is 6. The van der Waals surface area contributed by atoms with Gasteiger partial charge in [0, 0.05) is 36.7 Å². The fraction of sp³-hybridized carbons (Fsp3) is 0.286. The van der Waals surface area contributed by atoms with E-state index in [1.54, 1.807) is 4.68 Å². The van der Waals surface area contributed by atoms with Gasteiger partial charge in [-0.25, -0.2) is 28.2 Å². The van der Waals surface area contributed by atoms with Crippen molar-refractivity contribution in [3.63, 3.8) is 0 Å². The highest BCUT2D eigenvalue weighted by Crippen LogP contribution is 2.39. The number of para-hydroxylation sites is 1. The Morgan fingerprint density at radius 2 is 1.95 bits per heavy atom. The van der Waals surface area contributed by atoms with Gasteiger partial charge in [0.25, 0.3) is 0 Å². The van der Waals surface area contributed by atoms with Gasteiger partial charge < -0.3 is 20.7 Å². The smallest absolute Gasteiger partial charge is 0.316 e. The van der Waals surface area contributed by atoms with Crippen molar-refractivity contribution in [3.05, 3.63) is 76.2 Å². The minimum Gasteiger partial charge on any atom is -0.491 e. The van der Waals surface area contributed by atoms with E-state index in [1.165, 1.54) is 12.4 Å². The van der Waals surface area contributed by atoms with E-state index in [9.17, 15) is 4.79 Å². The molecule has 0 unspecified atom stereocenters. The number of aromatic nitrogens is 4. The molecule has 0 fully saturated rings. The van der Waals surface area contributed by atoms with Crippen LogP contribution in [0.4, 0.5) is 25.2 Å². The molecule has 40 heavy (non-hydrogen) atoms. The zero-order valence-electron chi connectivity index (χ0n) is 22.2. The van der Waals surface area contributed by atoms with Crippen molar-refractivity contribution in [2.24, 2.45) is 11.7 Å². The number of carbonyl (C=O) groups excluding carboxylic acids is 1. The van der Waals surface area contributed by atoms with Gasteiger partial charge in [0.05, 0.1) is 41.1 Å². The van der Waals surface area contributed by atoms with E-state index in [4.69, 9.17) is 27.2 Å². The number of aryl methyl sites for hydroxylation is 1. The van der Waals surface area contributed by atoms with Crippen molar-refractivity contribution in [1.29, 1.82) is 0 Å². The molecular weight excluding hydrogens is 540 g/mol. The van der Waals surface area contributed by atoms with Gasteiger partial charge in [-0.05, 0) is 30.5 Å². The molecule has 0 saturated carbocycles. The predicted octanol–water partition coefficient (Wildman–Crippen LogP) is 5.66. The number of amides is 2. The molecule has 1 aliphatic heterocycles. The van der Waals surface area contributed by atoms with Crippen LogP contribution in [0, 0.1) is 24.5 Å². The molecule has 0 atom stereocenters. The van der Waals surface area contributed by atoms with Crippen LogP contribution in [0.25, 0.3) is 16.9 Å². The minimum absolute atomic E-state index is 0.0294. The number of ether oxygens (including phenoxy) is 1. The van der Waals surface area contributed by atoms with Crippen LogP contribution in [0.3, 0.4) is 0 Å². The maximum absolute atomic E-state index is 15.7. The molecule has 2 aromatic carbocycles. The Bertz CT molecular complexity index is 1570. The molecule has 0 bridgehead atoms. The quantitative estimate of drug-likeness (QED) is 0.298. The maximum Gasteiger partial charge on any atom is 0.316 e. The molecular formula is C28H28ClF2N7O2. The molecule has 5 rings (SSSR count). The average molecular weight is 568 g/mol. The summed E-state index contributed by atoms with van der Waals surface area (Å²) in [6, 6.07) is 6.57. The molecule has 1 aliphatic rings. The van der Waals surface area contributed by atoms with Gasteiger partial charge in [0.2, 0.25) is 5.95 Å². The lowest BCUT2D eigenvalue weighted by atomic mass is 9.99. The molecule has 2 amide bonds. The lowest BCUT2D eigenvalue weighted by molar-refractivity contribution is 0.259. The number of halogens is 3. The van der Waals surface area contributed by atoms with Gasteiger partial charge in [-0.15, -0.1) is 0 Å². The summed E-state index contributed by atoms with van der Waals surface area (Å²) in [5.41, 5.74) is 8.00. The van der Waals surface area contributed by atoms with Gasteiger partial charge >= 0.3 is 6.03 Å². The van der Waals surface area contributed by atoms with Crippen molar-refractivity contribution < 1.29 is 18.3 Å². The Balaban J connectivity index is 1.71. The molecule has 3 N–H and O–H groups in total. The number of primary amides is 1. The summed E-state index contributed by atoms with van der Waals surface area (Å²) in [6.45, 7) is 7.32. The Labute approximate surface area is 234 Å². The van der Waals surface area contributed by atoms with Crippen LogP contribution in [-0.2, 0) is 13.0 Å². The molecule has 0 aliphatic carbocycles. The van der Waals surface area contributed by atoms with Gasteiger partial charge in [0.1, 0.15) is 23.1 Å². The second-order valence-corrected chi connectivity index (χ2v) is 10.4. The first kappa shape index (κ1) is 27.3. The van der Waals surface area contributed by atoms with Crippen molar-refractivity contribution >= 4 is 29.3 Å². The van der Waals surface area contributed by atoms with Crippen LogP contribution in [0.15, 0.2) is 42.7 Å². The third-order valence-electron chi connectivity index (χ3n) is 6.48. The van der Waals surface area contributed by atoms with E-state index < -0.39 is 17.7 Å². The topological polar surface area (TPSA) is 111 Å². The van der Waals surface area contributed by atoms with Crippen LogP contribution in [-0.4, -0.2) is 38.9 Å². The average Bonchev–Trinajstić information content (AvgIpc) is 3.27. The molecule has 0 radical (unpaired) electrons. The Kier molecular flexibility index (Phi) is 7.57. The Morgan fingerprint density at radius 3 is 2.65 bits per heavy atom. The third-order valence-corrected chi connectivity index (χ3v) is 6.67. The normalized spacial score (nSPS) is 12.9. The van der Waals surface area contributed by atoms with E-state index in [2.05, 4.69) is 15.3 Å². The lowest BCUT2D eigenvalue weighted by Crippen LogP contribution is -2.31. The second-order valence-electron chi connectivity index (χ2n) is 9.99. The number of rotatable bonds is 7. The van der Waals surface area contributed by atoms with E-state index in [0.717, 1.165) is 23.4 Å². The first-order valence-corrected chi connectivity index (χ1v) is 13.1. The number of carbonyl (C=O) groups is 1. The number of hydrogen-bond donors (Lipinski definition) is 2. The van der Waals surface area contributed by atoms with Gasteiger partial charge in [-0.2, -0.15) is 5.10 Å². The molecule has 208 valence electrons. The highest BCUT2D eigenvalue weighted by molar-refractivity contribution is 6.30. The van der Waals surface area contributed by atoms with Gasteiger partial charge in [0.15, 0.2) is 0 Å². The summed E-state index contributed by atoms with van der Waals surface area (Å²) < 4.78 is 38.7. The number of benzene rings is 2. The molecule has 2 aromatic heterocycles. The van der Waals surface area contributed by atoms with E-state index in [1.807, 2.05) is 43.9 Å².